The van der Waals surface area contributed by atoms with Crippen molar-refractivity contribution in [1.82, 2.24) is 4.72 Å². The van der Waals surface area contributed by atoms with Gasteiger partial charge in [-0.3, -0.25) is 9.59 Å². The highest BCUT2D eigenvalue weighted by Crippen LogP contribution is 2.20. The molecular weight excluding hydrogens is 443 g/mol. The van der Waals surface area contributed by atoms with Crippen molar-refractivity contribution in [3.8, 4) is 0 Å². The molecule has 0 radical (unpaired) electrons. The van der Waals surface area contributed by atoms with Crippen LogP contribution in [0.2, 0.25) is 5.02 Å². The Labute approximate surface area is 184 Å². The number of carbonyl (C=O) groups excluding carboxylic acids is 2. The predicted molar refractivity (Wildman–Crippen MR) is 116 cm³/mol. The summed E-state index contributed by atoms with van der Waals surface area (Å²) in [6, 6.07) is 15.8. The summed E-state index contributed by atoms with van der Waals surface area (Å²) in [5, 5.41) is 2.67. The molecule has 0 aliphatic rings. The van der Waals surface area contributed by atoms with Crippen molar-refractivity contribution in [2.75, 3.05) is 5.32 Å². The molecule has 3 aromatic rings. The van der Waals surface area contributed by atoms with E-state index in [2.05, 4.69) is 10.0 Å². The first kappa shape index (κ1) is 22.6. The molecule has 0 fully saturated rings. The number of amides is 1. The van der Waals surface area contributed by atoms with Gasteiger partial charge in [-0.25, -0.2) is 17.5 Å². The number of anilines is 1. The van der Waals surface area contributed by atoms with E-state index in [1.54, 1.807) is 12.1 Å². The van der Waals surface area contributed by atoms with Crippen LogP contribution >= 0.6 is 11.6 Å². The number of carbonyl (C=O) groups is 2. The van der Waals surface area contributed by atoms with Gasteiger partial charge in [0, 0.05) is 22.7 Å². The van der Waals surface area contributed by atoms with Crippen LogP contribution in [0.5, 0.6) is 0 Å². The molecule has 0 bridgehead atoms. The first-order valence-electron chi connectivity index (χ1n) is 9.12. The fourth-order valence-electron chi connectivity index (χ4n) is 2.69. The highest BCUT2D eigenvalue weighted by atomic mass is 35.5. The minimum Gasteiger partial charge on any atom is -0.319 e. The minimum absolute atomic E-state index is 0.00188. The molecule has 31 heavy (non-hydrogen) atoms. The lowest BCUT2D eigenvalue weighted by molar-refractivity contribution is 0.101. The number of halogens is 2. The van der Waals surface area contributed by atoms with Crippen molar-refractivity contribution in [1.29, 1.82) is 0 Å². The first-order chi connectivity index (χ1) is 14.7. The molecule has 0 spiro atoms. The molecule has 3 rings (SSSR count). The van der Waals surface area contributed by atoms with Crippen LogP contribution in [0, 0.1) is 5.82 Å². The summed E-state index contributed by atoms with van der Waals surface area (Å²) in [7, 11) is -3.77. The molecule has 1 amide bonds. The summed E-state index contributed by atoms with van der Waals surface area (Å²) in [5.41, 5.74) is 1.33. The van der Waals surface area contributed by atoms with E-state index in [0.717, 1.165) is 6.07 Å². The van der Waals surface area contributed by atoms with E-state index in [4.69, 9.17) is 11.6 Å². The van der Waals surface area contributed by atoms with Gasteiger partial charge in [0.15, 0.2) is 5.78 Å². The largest absolute Gasteiger partial charge is 0.319 e. The maximum Gasteiger partial charge on any atom is 0.255 e. The van der Waals surface area contributed by atoms with Crippen molar-refractivity contribution in [2.45, 2.75) is 18.4 Å². The molecule has 0 heterocycles. The second kappa shape index (κ2) is 9.38. The zero-order chi connectivity index (χ0) is 22.6. The molecule has 9 heteroatoms. The smallest absolute Gasteiger partial charge is 0.255 e. The Kier molecular flexibility index (Phi) is 6.84. The fourth-order valence-corrected chi connectivity index (χ4v) is 3.87. The number of benzene rings is 3. The van der Waals surface area contributed by atoms with E-state index >= 15 is 0 Å². The summed E-state index contributed by atoms with van der Waals surface area (Å²) in [6.07, 6.45) is 0. The van der Waals surface area contributed by atoms with Gasteiger partial charge in [-0.05, 0) is 55.0 Å². The first-order valence-corrected chi connectivity index (χ1v) is 11.0. The zero-order valence-corrected chi connectivity index (χ0v) is 17.9. The quantitative estimate of drug-likeness (QED) is 0.511. The summed E-state index contributed by atoms with van der Waals surface area (Å²) < 4.78 is 41.1. The maximum absolute atomic E-state index is 13.8. The predicted octanol–water partition coefficient (Wildman–Crippen LogP) is 4.41. The van der Waals surface area contributed by atoms with Crippen molar-refractivity contribution in [3.63, 3.8) is 0 Å². The molecule has 2 N–H and O–H groups in total. The molecule has 0 aliphatic heterocycles. The summed E-state index contributed by atoms with van der Waals surface area (Å²) >= 11 is 5.69. The average Bonchev–Trinajstić information content (AvgIpc) is 2.74. The second-order valence-corrected chi connectivity index (χ2v) is 8.88. The third-order valence-corrected chi connectivity index (χ3v) is 6.09. The van der Waals surface area contributed by atoms with Gasteiger partial charge >= 0.3 is 0 Å². The zero-order valence-electron chi connectivity index (χ0n) is 16.4. The van der Waals surface area contributed by atoms with E-state index in [1.807, 2.05) is 0 Å². The average molecular weight is 461 g/mol. The Balaban J connectivity index is 1.63. The molecule has 0 saturated heterocycles. The van der Waals surface area contributed by atoms with Crippen molar-refractivity contribution in [3.05, 3.63) is 94.3 Å². The number of Topliss-reactive ketones (excluding diaryl/α,β-unsaturated/α-hetero) is 1. The third-order valence-electron chi connectivity index (χ3n) is 4.43. The number of ketones is 1. The summed E-state index contributed by atoms with van der Waals surface area (Å²) in [4.78, 5) is 23.6. The SMILES string of the molecule is CC(=O)c1ccc(S(=O)(=O)NCc2ccc(C(=O)Nc3ccc(Cl)cc3F)cc2)cc1. The molecule has 0 atom stereocenters. The Morgan fingerprint density at radius 3 is 2.13 bits per heavy atom. The number of hydrogen-bond acceptors (Lipinski definition) is 4. The van der Waals surface area contributed by atoms with E-state index < -0.39 is 21.7 Å². The standard InChI is InChI=1S/C22H18ClFN2O4S/c1-14(27)16-6-9-19(10-7-16)31(29,30)25-13-15-2-4-17(5-3-15)22(28)26-21-11-8-18(23)12-20(21)24/h2-12,25H,13H2,1H3,(H,26,28). The van der Waals surface area contributed by atoms with Gasteiger partial charge in [-0.2, -0.15) is 0 Å². The van der Waals surface area contributed by atoms with Crippen LogP contribution in [-0.4, -0.2) is 20.1 Å². The lowest BCUT2D eigenvalue weighted by atomic mass is 10.1. The molecule has 3 aromatic carbocycles. The van der Waals surface area contributed by atoms with Gasteiger partial charge in [-0.15, -0.1) is 0 Å². The highest BCUT2D eigenvalue weighted by Gasteiger charge is 2.15. The van der Waals surface area contributed by atoms with Crippen LogP contribution in [-0.2, 0) is 16.6 Å². The Morgan fingerprint density at radius 1 is 0.935 bits per heavy atom. The number of hydrogen-bond donors (Lipinski definition) is 2. The highest BCUT2D eigenvalue weighted by molar-refractivity contribution is 7.89. The van der Waals surface area contributed by atoms with E-state index in [-0.39, 0.29) is 33.5 Å². The molecule has 0 aromatic heterocycles. The van der Waals surface area contributed by atoms with Crippen molar-refractivity contribution in [2.24, 2.45) is 0 Å². The normalized spacial score (nSPS) is 11.2. The van der Waals surface area contributed by atoms with Gasteiger partial charge in [0.1, 0.15) is 5.82 Å². The Bertz CT molecular complexity index is 1230. The molecule has 160 valence electrons. The van der Waals surface area contributed by atoms with E-state index in [9.17, 15) is 22.4 Å². The number of sulfonamides is 1. The van der Waals surface area contributed by atoms with Crippen LogP contribution in [0.1, 0.15) is 33.2 Å². The van der Waals surface area contributed by atoms with Crippen LogP contribution in [0.25, 0.3) is 0 Å². The summed E-state index contributed by atoms with van der Waals surface area (Å²) in [5.74, 6) is -1.32. The molecule has 0 unspecified atom stereocenters. The van der Waals surface area contributed by atoms with Gasteiger partial charge in [-0.1, -0.05) is 35.9 Å². The Morgan fingerprint density at radius 2 is 1.55 bits per heavy atom. The maximum atomic E-state index is 13.8. The molecule has 0 aliphatic carbocycles. The van der Waals surface area contributed by atoms with Gasteiger partial charge in [0.25, 0.3) is 5.91 Å². The summed E-state index contributed by atoms with van der Waals surface area (Å²) in [6.45, 7) is 1.40. The molecule has 6 nitrogen and oxygen atoms in total. The number of nitrogens with one attached hydrogen (secondary N) is 2. The van der Waals surface area contributed by atoms with E-state index in [1.165, 1.54) is 55.5 Å². The minimum atomic E-state index is -3.77. The van der Waals surface area contributed by atoms with Crippen molar-refractivity contribution >= 4 is 39.0 Å². The van der Waals surface area contributed by atoms with Crippen LogP contribution in [0.3, 0.4) is 0 Å². The van der Waals surface area contributed by atoms with Gasteiger partial charge in [0.05, 0.1) is 10.6 Å². The Hall–Kier alpha value is -3.07. The van der Waals surface area contributed by atoms with Crippen LogP contribution < -0.4 is 10.0 Å². The lowest BCUT2D eigenvalue weighted by Gasteiger charge is -2.09. The second-order valence-electron chi connectivity index (χ2n) is 6.68. The third kappa shape index (κ3) is 5.75. The molecule has 0 saturated carbocycles. The van der Waals surface area contributed by atoms with Crippen LogP contribution in [0.4, 0.5) is 10.1 Å². The molecular formula is C22H18ClFN2O4S. The van der Waals surface area contributed by atoms with Gasteiger partial charge < -0.3 is 5.32 Å². The monoisotopic (exact) mass is 460 g/mol. The van der Waals surface area contributed by atoms with Crippen LogP contribution in [0.15, 0.2) is 71.6 Å². The topological polar surface area (TPSA) is 92.3 Å². The van der Waals surface area contributed by atoms with Crippen molar-refractivity contribution < 1.29 is 22.4 Å². The lowest BCUT2D eigenvalue weighted by Crippen LogP contribution is -2.23. The fraction of sp³-hybridized carbons (Fsp3) is 0.0909. The number of rotatable bonds is 7. The van der Waals surface area contributed by atoms with E-state index in [0.29, 0.717) is 11.1 Å². The van der Waals surface area contributed by atoms with Gasteiger partial charge in [0.2, 0.25) is 10.0 Å².